The number of hydrogen-bond acceptors (Lipinski definition) is 2. The van der Waals surface area contributed by atoms with Crippen LogP contribution in [0.15, 0.2) is 24.3 Å². The second kappa shape index (κ2) is 4.17. The summed E-state index contributed by atoms with van der Waals surface area (Å²) in [6.45, 7) is 7.43. The van der Waals surface area contributed by atoms with Gasteiger partial charge in [0, 0.05) is 0 Å². The number of benzene rings is 1. The highest BCUT2D eigenvalue weighted by Crippen LogP contribution is 2.20. The molecule has 0 saturated heterocycles. The van der Waals surface area contributed by atoms with Crippen LogP contribution in [0.5, 0.6) is 0 Å². The van der Waals surface area contributed by atoms with Crippen LogP contribution in [0.25, 0.3) is 5.69 Å². The molecule has 0 N–H and O–H groups in total. The first kappa shape index (κ1) is 11.6. The van der Waals surface area contributed by atoms with Crippen molar-refractivity contribution in [2.24, 2.45) is 0 Å². The van der Waals surface area contributed by atoms with Gasteiger partial charge in [0.05, 0.1) is 22.6 Å². The highest BCUT2D eigenvalue weighted by Gasteiger charge is 2.16. The largest absolute Gasteiger partial charge is 0.294 e. The van der Waals surface area contributed by atoms with Gasteiger partial charge >= 0.3 is 0 Å². The van der Waals surface area contributed by atoms with Crippen molar-refractivity contribution in [2.45, 2.75) is 27.7 Å². The van der Waals surface area contributed by atoms with E-state index in [9.17, 15) is 4.79 Å². The van der Waals surface area contributed by atoms with Crippen molar-refractivity contribution in [3.8, 4) is 5.69 Å². The minimum atomic E-state index is 0.0693. The van der Waals surface area contributed by atoms with E-state index >= 15 is 0 Å². The van der Waals surface area contributed by atoms with Crippen molar-refractivity contribution in [3.63, 3.8) is 0 Å². The average molecular weight is 228 g/mol. The van der Waals surface area contributed by atoms with E-state index in [1.165, 1.54) is 0 Å². The fourth-order valence-electron chi connectivity index (χ4n) is 2.19. The molecule has 1 aromatic carbocycles. The maximum Gasteiger partial charge on any atom is 0.163 e. The van der Waals surface area contributed by atoms with E-state index in [-0.39, 0.29) is 5.78 Å². The van der Waals surface area contributed by atoms with Crippen LogP contribution in [-0.4, -0.2) is 15.6 Å². The predicted molar refractivity (Wildman–Crippen MR) is 67.8 cm³/mol. The topological polar surface area (TPSA) is 34.9 Å². The van der Waals surface area contributed by atoms with E-state index in [0.717, 1.165) is 28.2 Å². The Morgan fingerprint density at radius 3 is 2.35 bits per heavy atom. The number of carbonyl (C=O) groups is 1. The molecule has 0 aliphatic rings. The molecular weight excluding hydrogens is 212 g/mol. The normalized spacial score (nSPS) is 10.6. The summed E-state index contributed by atoms with van der Waals surface area (Å²) in [6.07, 6.45) is 0. The molecule has 1 heterocycles. The Labute approximate surface area is 101 Å². The second-order valence-corrected chi connectivity index (χ2v) is 4.30. The Bertz CT molecular complexity index is 582. The molecule has 0 amide bonds. The van der Waals surface area contributed by atoms with Gasteiger partial charge in [-0.3, -0.25) is 4.79 Å². The summed E-state index contributed by atoms with van der Waals surface area (Å²) in [7, 11) is 0. The molecule has 0 aliphatic carbocycles. The van der Waals surface area contributed by atoms with Gasteiger partial charge in [-0.1, -0.05) is 18.2 Å². The van der Waals surface area contributed by atoms with Gasteiger partial charge in [-0.2, -0.15) is 5.10 Å². The molecule has 0 radical (unpaired) electrons. The Balaban J connectivity index is 2.66. The molecule has 3 heteroatoms. The fraction of sp³-hybridized carbons (Fsp3) is 0.286. The van der Waals surface area contributed by atoms with Crippen LogP contribution in [0.4, 0.5) is 0 Å². The van der Waals surface area contributed by atoms with E-state index in [1.807, 2.05) is 49.7 Å². The quantitative estimate of drug-likeness (QED) is 0.740. The third kappa shape index (κ3) is 1.88. The predicted octanol–water partition coefficient (Wildman–Crippen LogP) is 3.00. The summed E-state index contributed by atoms with van der Waals surface area (Å²) < 4.78 is 1.85. The van der Waals surface area contributed by atoms with Crippen molar-refractivity contribution >= 4 is 5.78 Å². The first-order valence-electron chi connectivity index (χ1n) is 5.65. The first-order valence-corrected chi connectivity index (χ1v) is 5.65. The molecule has 2 aromatic rings. The van der Waals surface area contributed by atoms with Crippen LogP contribution in [-0.2, 0) is 0 Å². The van der Waals surface area contributed by atoms with Gasteiger partial charge in [0.2, 0.25) is 0 Å². The molecule has 0 fully saturated rings. The summed E-state index contributed by atoms with van der Waals surface area (Å²) in [5.74, 6) is 0.0693. The Morgan fingerprint density at radius 1 is 1.18 bits per heavy atom. The maximum absolute atomic E-state index is 11.6. The number of rotatable bonds is 2. The highest BCUT2D eigenvalue weighted by atomic mass is 16.1. The van der Waals surface area contributed by atoms with Crippen LogP contribution in [0.3, 0.4) is 0 Å². The molecule has 3 nitrogen and oxygen atoms in total. The van der Waals surface area contributed by atoms with Crippen molar-refractivity contribution in [1.82, 2.24) is 9.78 Å². The molecule has 0 aliphatic heterocycles. The lowest BCUT2D eigenvalue weighted by Crippen LogP contribution is -2.02. The first-order chi connectivity index (χ1) is 8.02. The number of carbonyl (C=O) groups excluding carboxylic acids is 1. The monoisotopic (exact) mass is 228 g/mol. The molecule has 2 rings (SSSR count). The summed E-state index contributed by atoms with van der Waals surface area (Å²) in [4.78, 5) is 11.6. The number of aromatic nitrogens is 2. The lowest BCUT2D eigenvalue weighted by atomic mass is 10.1. The number of para-hydroxylation sites is 1. The maximum atomic E-state index is 11.6. The lowest BCUT2D eigenvalue weighted by Gasteiger charge is -2.07. The van der Waals surface area contributed by atoms with Crippen LogP contribution >= 0.6 is 0 Å². The number of hydrogen-bond donors (Lipinski definition) is 0. The molecule has 0 saturated carbocycles. The zero-order valence-electron chi connectivity index (χ0n) is 10.6. The zero-order chi connectivity index (χ0) is 12.6. The third-order valence-corrected chi connectivity index (χ3v) is 2.99. The molecule has 0 spiro atoms. The standard InChI is InChI=1S/C14H16N2O/c1-9-7-5-6-8-13(9)16-11(3)14(12(4)17)10(2)15-16/h5-8H,1-4H3. The van der Waals surface area contributed by atoms with E-state index in [2.05, 4.69) is 5.10 Å². The summed E-state index contributed by atoms with van der Waals surface area (Å²) in [6, 6.07) is 8.03. The van der Waals surface area contributed by atoms with Crippen molar-refractivity contribution < 1.29 is 4.79 Å². The smallest absolute Gasteiger partial charge is 0.163 e. The van der Waals surface area contributed by atoms with Crippen molar-refractivity contribution in [3.05, 3.63) is 46.8 Å². The van der Waals surface area contributed by atoms with E-state index < -0.39 is 0 Å². The molecule has 17 heavy (non-hydrogen) atoms. The number of ketones is 1. The number of Topliss-reactive ketones (excluding diaryl/α,β-unsaturated/α-hetero) is 1. The van der Waals surface area contributed by atoms with Gasteiger partial charge < -0.3 is 0 Å². The molecular formula is C14H16N2O. The van der Waals surface area contributed by atoms with Crippen LogP contribution in [0.2, 0.25) is 0 Å². The molecule has 1 aromatic heterocycles. The molecule has 0 atom stereocenters. The average Bonchev–Trinajstić information content (AvgIpc) is 2.55. The van der Waals surface area contributed by atoms with Gasteiger partial charge in [-0.05, 0) is 39.3 Å². The minimum Gasteiger partial charge on any atom is -0.294 e. The lowest BCUT2D eigenvalue weighted by molar-refractivity contribution is 0.101. The summed E-state index contributed by atoms with van der Waals surface area (Å²) in [5.41, 5.74) is 4.60. The van der Waals surface area contributed by atoms with Crippen molar-refractivity contribution in [2.75, 3.05) is 0 Å². The number of nitrogens with zero attached hydrogens (tertiary/aromatic N) is 2. The minimum absolute atomic E-state index is 0.0693. The SMILES string of the molecule is CC(=O)c1c(C)nn(-c2ccccc2C)c1C. The van der Waals surface area contributed by atoms with E-state index in [0.29, 0.717) is 0 Å². The fourth-order valence-corrected chi connectivity index (χ4v) is 2.19. The second-order valence-electron chi connectivity index (χ2n) is 4.30. The van der Waals surface area contributed by atoms with Gasteiger partial charge in [0.1, 0.15) is 0 Å². The molecule has 0 bridgehead atoms. The summed E-state index contributed by atoms with van der Waals surface area (Å²) in [5, 5.41) is 4.46. The van der Waals surface area contributed by atoms with Crippen LogP contribution in [0.1, 0.15) is 34.2 Å². The Morgan fingerprint density at radius 2 is 1.82 bits per heavy atom. The van der Waals surface area contributed by atoms with Crippen molar-refractivity contribution in [1.29, 1.82) is 0 Å². The van der Waals surface area contributed by atoms with Gasteiger partial charge in [0.15, 0.2) is 5.78 Å². The van der Waals surface area contributed by atoms with Crippen LogP contribution < -0.4 is 0 Å². The number of aryl methyl sites for hydroxylation is 2. The Hall–Kier alpha value is -1.90. The van der Waals surface area contributed by atoms with Gasteiger partial charge in [-0.25, -0.2) is 4.68 Å². The van der Waals surface area contributed by atoms with E-state index in [4.69, 9.17) is 0 Å². The summed E-state index contributed by atoms with van der Waals surface area (Å²) >= 11 is 0. The van der Waals surface area contributed by atoms with E-state index in [1.54, 1.807) is 6.92 Å². The molecule has 88 valence electrons. The van der Waals surface area contributed by atoms with Gasteiger partial charge in [0.25, 0.3) is 0 Å². The Kier molecular flexibility index (Phi) is 2.84. The third-order valence-electron chi connectivity index (χ3n) is 2.99. The van der Waals surface area contributed by atoms with Gasteiger partial charge in [-0.15, -0.1) is 0 Å². The molecule has 0 unspecified atom stereocenters. The zero-order valence-corrected chi connectivity index (χ0v) is 10.6. The van der Waals surface area contributed by atoms with Crippen LogP contribution in [0, 0.1) is 20.8 Å². The highest BCUT2D eigenvalue weighted by molar-refractivity contribution is 5.96.